The molecule has 1 heterocycles. The molecule has 4 heteroatoms. The molecule has 0 saturated carbocycles. The first-order valence-electron chi connectivity index (χ1n) is 2.72. The van der Waals surface area contributed by atoms with E-state index < -0.39 is 0 Å². The summed E-state index contributed by atoms with van der Waals surface area (Å²) in [6.07, 6.45) is 0. The molecular weight excluding hydrogens is 120 g/mol. The Hall–Kier alpha value is -0.900. The lowest BCUT2D eigenvalue weighted by Gasteiger charge is -1.91. The van der Waals surface area contributed by atoms with Crippen LogP contribution in [0.2, 0.25) is 0 Å². The smallest absolute Gasteiger partial charge is 0.337 e. The van der Waals surface area contributed by atoms with E-state index in [1.807, 2.05) is 0 Å². The molecule has 1 rings (SSSR count). The average molecular weight is 128 g/mol. The molecule has 0 radical (unpaired) electrons. The molecule has 4 nitrogen and oxygen atoms in total. The van der Waals surface area contributed by atoms with Gasteiger partial charge < -0.3 is 10.5 Å². The van der Waals surface area contributed by atoms with E-state index in [9.17, 15) is 4.79 Å². The van der Waals surface area contributed by atoms with Crippen molar-refractivity contribution in [1.82, 2.24) is 0 Å². The topological polar surface area (TPSA) is 64.7 Å². The highest BCUT2D eigenvalue weighted by molar-refractivity contribution is 5.97. The third-order valence-electron chi connectivity index (χ3n) is 1.07. The first-order chi connectivity index (χ1) is 4.24. The summed E-state index contributed by atoms with van der Waals surface area (Å²) in [7, 11) is 0. The van der Waals surface area contributed by atoms with Crippen LogP contribution >= 0.6 is 0 Å². The zero-order chi connectivity index (χ0) is 6.85. The normalized spacial score (nSPS) is 25.8. The van der Waals surface area contributed by atoms with Crippen molar-refractivity contribution in [2.75, 3.05) is 6.54 Å². The van der Waals surface area contributed by atoms with Crippen LogP contribution in [-0.2, 0) is 9.53 Å². The Morgan fingerprint density at radius 1 is 1.89 bits per heavy atom. The minimum atomic E-state index is -0.358. The van der Waals surface area contributed by atoms with Gasteiger partial charge in [0.2, 0.25) is 5.90 Å². The van der Waals surface area contributed by atoms with E-state index in [1.54, 1.807) is 6.92 Å². The number of carbonyl (C=O) groups is 1. The molecular formula is C5H8N2O2. The second-order valence-electron chi connectivity index (χ2n) is 1.82. The van der Waals surface area contributed by atoms with Crippen molar-refractivity contribution in [2.24, 2.45) is 10.7 Å². The highest BCUT2D eigenvalue weighted by Crippen LogP contribution is 2.03. The molecule has 0 fully saturated rings. The summed E-state index contributed by atoms with van der Waals surface area (Å²) in [6, 6.07) is -0.358. The zero-order valence-corrected chi connectivity index (χ0v) is 5.13. The summed E-state index contributed by atoms with van der Waals surface area (Å²) in [5.41, 5.74) is 5.15. The fourth-order valence-corrected chi connectivity index (χ4v) is 0.591. The van der Waals surface area contributed by atoms with Gasteiger partial charge in [-0.2, -0.15) is 0 Å². The Labute approximate surface area is 52.7 Å². The first-order valence-corrected chi connectivity index (χ1v) is 2.72. The van der Waals surface area contributed by atoms with Crippen molar-refractivity contribution < 1.29 is 9.53 Å². The lowest BCUT2D eigenvalue weighted by atomic mass is 10.4. The number of carbonyl (C=O) groups excluding carboxylic acids is 1. The van der Waals surface area contributed by atoms with Crippen molar-refractivity contribution in [3.63, 3.8) is 0 Å². The van der Waals surface area contributed by atoms with Gasteiger partial charge in [-0.15, -0.1) is 0 Å². The van der Waals surface area contributed by atoms with E-state index in [2.05, 4.69) is 9.73 Å². The molecule has 50 valence electrons. The maximum absolute atomic E-state index is 10.6. The standard InChI is InChI=1S/C5H8N2O2/c1-3-5(8)9-4(2-6)7-3/h3H,2,6H2,1H3/t3-/m0/s1. The first kappa shape index (κ1) is 6.22. The number of cyclic esters (lactones) is 1. The molecule has 0 aliphatic carbocycles. The third kappa shape index (κ3) is 1.08. The van der Waals surface area contributed by atoms with Crippen molar-refractivity contribution >= 4 is 11.9 Å². The van der Waals surface area contributed by atoms with Gasteiger partial charge in [0.05, 0.1) is 6.54 Å². The van der Waals surface area contributed by atoms with Crippen molar-refractivity contribution in [2.45, 2.75) is 13.0 Å². The number of aliphatic imine (C=N–C) groups is 1. The lowest BCUT2D eigenvalue weighted by Crippen LogP contribution is -2.16. The lowest BCUT2D eigenvalue weighted by molar-refractivity contribution is -0.134. The van der Waals surface area contributed by atoms with Crippen LogP contribution in [0.4, 0.5) is 0 Å². The van der Waals surface area contributed by atoms with Gasteiger partial charge in [-0.1, -0.05) is 0 Å². The molecule has 9 heavy (non-hydrogen) atoms. The van der Waals surface area contributed by atoms with E-state index >= 15 is 0 Å². The summed E-state index contributed by atoms with van der Waals surface area (Å²) in [4.78, 5) is 14.4. The highest BCUT2D eigenvalue weighted by atomic mass is 16.6. The van der Waals surface area contributed by atoms with E-state index in [4.69, 9.17) is 5.73 Å². The maximum Gasteiger partial charge on any atom is 0.337 e. The number of ether oxygens (including phenoxy) is 1. The van der Waals surface area contributed by atoms with Crippen molar-refractivity contribution in [3.05, 3.63) is 0 Å². The maximum atomic E-state index is 10.6. The number of rotatable bonds is 1. The van der Waals surface area contributed by atoms with Crippen LogP contribution in [0, 0.1) is 0 Å². The van der Waals surface area contributed by atoms with Gasteiger partial charge in [-0.25, -0.2) is 9.79 Å². The van der Waals surface area contributed by atoms with Crippen LogP contribution in [-0.4, -0.2) is 24.5 Å². The molecule has 0 aromatic heterocycles. The summed E-state index contributed by atoms with van der Waals surface area (Å²) >= 11 is 0. The van der Waals surface area contributed by atoms with E-state index in [-0.39, 0.29) is 18.6 Å². The van der Waals surface area contributed by atoms with Crippen LogP contribution in [0.5, 0.6) is 0 Å². The van der Waals surface area contributed by atoms with Gasteiger partial charge in [0.25, 0.3) is 0 Å². The van der Waals surface area contributed by atoms with Gasteiger partial charge in [0, 0.05) is 0 Å². The van der Waals surface area contributed by atoms with Gasteiger partial charge in [0.15, 0.2) is 0 Å². The molecule has 1 atom stereocenters. The van der Waals surface area contributed by atoms with E-state index in [0.29, 0.717) is 5.90 Å². The van der Waals surface area contributed by atoms with Gasteiger partial charge in [-0.05, 0) is 6.92 Å². The quantitative estimate of drug-likeness (QED) is 0.474. The number of esters is 1. The number of nitrogens with two attached hydrogens (primary N) is 1. The predicted octanol–water partition coefficient (Wildman–Crippen LogP) is -0.711. The Balaban J connectivity index is 2.62. The van der Waals surface area contributed by atoms with Crippen LogP contribution in [0.3, 0.4) is 0 Å². The van der Waals surface area contributed by atoms with Crippen LogP contribution in [0.1, 0.15) is 6.92 Å². The Morgan fingerprint density at radius 3 is 2.78 bits per heavy atom. The zero-order valence-electron chi connectivity index (χ0n) is 5.13. The van der Waals surface area contributed by atoms with E-state index in [0.717, 1.165) is 0 Å². The summed E-state index contributed by atoms with van der Waals surface area (Å²) in [6.45, 7) is 1.88. The SMILES string of the molecule is C[C@@H]1N=C(CN)OC1=O. The fraction of sp³-hybridized carbons (Fsp3) is 0.600. The molecule has 0 saturated heterocycles. The number of hydrogen-bond acceptors (Lipinski definition) is 4. The second-order valence-corrected chi connectivity index (χ2v) is 1.82. The molecule has 0 unspecified atom stereocenters. The number of hydrogen-bond donors (Lipinski definition) is 1. The summed E-state index contributed by atoms with van der Waals surface area (Å²) in [5, 5.41) is 0. The van der Waals surface area contributed by atoms with Crippen LogP contribution in [0.15, 0.2) is 4.99 Å². The molecule has 1 aliphatic rings. The van der Waals surface area contributed by atoms with Gasteiger partial charge >= 0.3 is 5.97 Å². The summed E-state index contributed by atoms with van der Waals surface area (Å²) < 4.78 is 4.61. The largest absolute Gasteiger partial charge is 0.409 e. The predicted molar refractivity (Wildman–Crippen MR) is 32.0 cm³/mol. The molecule has 0 spiro atoms. The molecule has 0 aromatic rings. The molecule has 0 aromatic carbocycles. The minimum Gasteiger partial charge on any atom is -0.409 e. The third-order valence-corrected chi connectivity index (χ3v) is 1.07. The number of nitrogens with zero attached hydrogens (tertiary/aromatic N) is 1. The molecule has 0 amide bonds. The van der Waals surface area contributed by atoms with Gasteiger partial charge in [0.1, 0.15) is 6.04 Å². The van der Waals surface area contributed by atoms with Crippen LogP contribution < -0.4 is 5.73 Å². The molecule has 0 bridgehead atoms. The van der Waals surface area contributed by atoms with E-state index in [1.165, 1.54) is 0 Å². The minimum absolute atomic E-state index is 0.204. The summed E-state index contributed by atoms with van der Waals surface area (Å²) in [5.74, 6) is 0.0305. The van der Waals surface area contributed by atoms with Crippen molar-refractivity contribution in [1.29, 1.82) is 0 Å². The monoisotopic (exact) mass is 128 g/mol. The van der Waals surface area contributed by atoms with Gasteiger partial charge in [-0.3, -0.25) is 0 Å². The van der Waals surface area contributed by atoms with Crippen molar-refractivity contribution in [3.8, 4) is 0 Å². The van der Waals surface area contributed by atoms with Crippen LogP contribution in [0.25, 0.3) is 0 Å². The molecule has 1 aliphatic heterocycles. The Bertz CT molecular complexity index is 164. The Kier molecular flexibility index (Phi) is 1.48. The Morgan fingerprint density at radius 2 is 2.56 bits per heavy atom. The average Bonchev–Trinajstić information content (AvgIpc) is 2.13. The second kappa shape index (κ2) is 2.14. The fourth-order valence-electron chi connectivity index (χ4n) is 0.591. The highest BCUT2D eigenvalue weighted by Gasteiger charge is 2.22. The molecule has 2 N–H and O–H groups in total.